The van der Waals surface area contributed by atoms with Crippen LogP contribution in [0.5, 0.6) is 0 Å². The molecule has 5 nitrogen and oxygen atoms in total. The van der Waals surface area contributed by atoms with Crippen molar-refractivity contribution in [2.45, 2.75) is 6.42 Å². The molecule has 1 aromatic heterocycles. The molecule has 1 rings (SSSR count). The first kappa shape index (κ1) is 12.0. The van der Waals surface area contributed by atoms with Gasteiger partial charge in [-0.05, 0) is 12.1 Å². The highest BCUT2D eigenvalue weighted by Crippen LogP contribution is 2.10. The van der Waals surface area contributed by atoms with E-state index in [0.717, 1.165) is 0 Å². The minimum Gasteiger partial charge on any atom is -0.476 e. The Labute approximate surface area is 96.2 Å². The van der Waals surface area contributed by atoms with E-state index in [-0.39, 0.29) is 22.8 Å². The van der Waals surface area contributed by atoms with Gasteiger partial charge in [-0.25, -0.2) is 9.78 Å². The number of pyridine rings is 1. The van der Waals surface area contributed by atoms with Crippen LogP contribution >= 0.6 is 11.6 Å². The van der Waals surface area contributed by atoms with Crippen LogP contribution in [0.1, 0.15) is 22.5 Å². The molecule has 0 aliphatic carbocycles. The van der Waals surface area contributed by atoms with E-state index in [4.69, 9.17) is 22.4 Å². The summed E-state index contributed by atoms with van der Waals surface area (Å²) in [6, 6.07) is 2.84. The van der Waals surface area contributed by atoms with Crippen LogP contribution in [0.25, 0.3) is 0 Å². The molecule has 0 aliphatic rings. The largest absolute Gasteiger partial charge is 0.476 e. The summed E-state index contributed by atoms with van der Waals surface area (Å²) in [6.07, 6.45) is -0.137. The number of rotatable bonds is 2. The SMILES string of the molecule is NC(=O)CC#Cc1ccc(Cl)nc1C(=O)O. The molecule has 0 unspecified atom stereocenters. The molecule has 16 heavy (non-hydrogen) atoms. The molecule has 1 heterocycles. The number of carbonyl (C=O) groups is 2. The molecule has 0 spiro atoms. The molecule has 6 heteroatoms. The first-order valence-corrected chi connectivity index (χ1v) is 4.55. The van der Waals surface area contributed by atoms with Crippen LogP contribution < -0.4 is 5.73 Å². The second kappa shape index (κ2) is 5.14. The number of carboxylic acids is 1. The van der Waals surface area contributed by atoms with Gasteiger partial charge in [0.15, 0.2) is 5.69 Å². The standard InChI is InChI=1S/C10H7ClN2O3/c11-7-5-4-6(2-1-3-8(12)14)9(13-7)10(15)16/h4-5H,3H2,(H2,12,14)(H,15,16). The summed E-state index contributed by atoms with van der Waals surface area (Å²) in [6.45, 7) is 0. The third kappa shape index (κ3) is 3.26. The molecule has 0 atom stereocenters. The van der Waals surface area contributed by atoms with Crippen LogP contribution in [0.2, 0.25) is 5.15 Å². The predicted octanol–water partition coefficient (Wildman–Crippen LogP) is 0.660. The van der Waals surface area contributed by atoms with Crippen molar-refractivity contribution in [3.05, 3.63) is 28.5 Å². The van der Waals surface area contributed by atoms with Crippen molar-refractivity contribution in [3.63, 3.8) is 0 Å². The van der Waals surface area contributed by atoms with Crippen molar-refractivity contribution in [1.29, 1.82) is 0 Å². The fourth-order valence-corrected chi connectivity index (χ4v) is 1.07. The number of amides is 1. The summed E-state index contributed by atoms with van der Waals surface area (Å²) in [5.41, 5.74) is 4.83. The van der Waals surface area contributed by atoms with Crippen LogP contribution in [-0.4, -0.2) is 22.0 Å². The number of carbonyl (C=O) groups excluding carboxylic acids is 1. The number of carboxylic acid groups (broad SMARTS) is 1. The second-order valence-corrected chi connectivity index (χ2v) is 3.17. The van der Waals surface area contributed by atoms with Crippen LogP contribution in [0.15, 0.2) is 12.1 Å². The smallest absolute Gasteiger partial charge is 0.355 e. The molecule has 0 bridgehead atoms. The average molecular weight is 239 g/mol. The van der Waals surface area contributed by atoms with Gasteiger partial charge in [0.25, 0.3) is 0 Å². The molecule has 0 aliphatic heterocycles. The van der Waals surface area contributed by atoms with Crippen LogP contribution in [-0.2, 0) is 4.79 Å². The lowest BCUT2D eigenvalue weighted by Gasteiger charge is -1.97. The van der Waals surface area contributed by atoms with Crippen molar-refractivity contribution >= 4 is 23.5 Å². The summed E-state index contributed by atoms with van der Waals surface area (Å²) in [5.74, 6) is 3.14. The Morgan fingerprint density at radius 1 is 1.50 bits per heavy atom. The molecular weight excluding hydrogens is 232 g/mol. The van der Waals surface area contributed by atoms with Crippen molar-refractivity contribution in [3.8, 4) is 11.8 Å². The minimum atomic E-state index is -1.23. The fraction of sp³-hybridized carbons (Fsp3) is 0.100. The molecule has 82 valence electrons. The van der Waals surface area contributed by atoms with Crippen molar-refractivity contribution in [2.24, 2.45) is 5.73 Å². The maximum absolute atomic E-state index is 10.8. The Morgan fingerprint density at radius 2 is 2.19 bits per heavy atom. The van der Waals surface area contributed by atoms with E-state index in [1.807, 2.05) is 0 Å². The zero-order valence-corrected chi connectivity index (χ0v) is 8.78. The number of aromatic carboxylic acids is 1. The van der Waals surface area contributed by atoms with E-state index in [2.05, 4.69) is 16.8 Å². The maximum Gasteiger partial charge on any atom is 0.355 e. The van der Waals surface area contributed by atoms with Gasteiger partial charge in [-0.1, -0.05) is 23.4 Å². The van der Waals surface area contributed by atoms with E-state index < -0.39 is 11.9 Å². The first-order chi connectivity index (χ1) is 7.50. The summed E-state index contributed by atoms with van der Waals surface area (Å²) in [7, 11) is 0. The Bertz CT molecular complexity index is 503. The molecule has 3 N–H and O–H groups in total. The summed E-state index contributed by atoms with van der Waals surface area (Å²) in [4.78, 5) is 24.8. The van der Waals surface area contributed by atoms with Crippen LogP contribution in [0, 0.1) is 11.8 Å². The molecule has 1 aromatic rings. The lowest BCUT2D eigenvalue weighted by Crippen LogP contribution is -2.08. The fourth-order valence-electron chi connectivity index (χ4n) is 0.926. The molecular formula is C10H7ClN2O3. The van der Waals surface area contributed by atoms with Crippen molar-refractivity contribution in [1.82, 2.24) is 4.98 Å². The molecule has 0 saturated heterocycles. The predicted molar refractivity (Wildman–Crippen MR) is 56.9 cm³/mol. The lowest BCUT2D eigenvalue weighted by molar-refractivity contribution is -0.117. The average Bonchev–Trinajstić information content (AvgIpc) is 2.19. The Balaban J connectivity index is 3.07. The van der Waals surface area contributed by atoms with Gasteiger partial charge < -0.3 is 10.8 Å². The third-order valence-electron chi connectivity index (χ3n) is 1.55. The van der Waals surface area contributed by atoms with E-state index in [9.17, 15) is 9.59 Å². The van der Waals surface area contributed by atoms with Gasteiger partial charge in [-0.3, -0.25) is 4.79 Å². The highest BCUT2D eigenvalue weighted by Gasteiger charge is 2.10. The molecule has 0 radical (unpaired) electrons. The van der Waals surface area contributed by atoms with Gasteiger partial charge in [-0.2, -0.15) is 0 Å². The summed E-state index contributed by atoms with van der Waals surface area (Å²) >= 11 is 5.55. The van der Waals surface area contributed by atoms with E-state index >= 15 is 0 Å². The van der Waals surface area contributed by atoms with Gasteiger partial charge in [0.1, 0.15) is 5.15 Å². The highest BCUT2D eigenvalue weighted by molar-refractivity contribution is 6.29. The van der Waals surface area contributed by atoms with Gasteiger partial charge in [0.05, 0.1) is 12.0 Å². The van der Waals surface area contributed by atoms with Crippen LogP contribution in [0.3, 0.4) is 0 Å². The Kier molecular flexibility index (Phi) is 3.86. The van der Waals surface area contributed by atoms with Crippen molar-refractivity contribution < 1.29 is 14.7 Å². The second-order valence-electron chi connectivity index (χ2n) is 2.78. The summed E-state index contributed by atoms with van der Waals surface area (Å²) in [5, 5.41) is 8.89. The minimum absolute atomic E-state index is 0.0675. The normalized spacial score (nSPS) is 9.06. The van der Waals surface area contributed by atoms with E-state index in [0.29, 0.717) is 0 Å². The molecule has 0 saturated carbocycles. The monoisotopic (exact) mass is 238 g/mol. The Morgan fingerprint density at radius 3 is 2.75 bits per heavy atom. The zero-order chi connectivity index (χ0) is 12.1. The molecule has 0 aromatic carbocycles. The van der Waals surface area contributed by atoms with E-state index in [1.165, 1.54) is 12.1 Å². The number of aromatic nitrogens is 1. The Hall–Kier alpha value is -2.06. The topological polar surface area (TPSA) is 93.3 Å². The number of nitrogens with zero attached hydrogens (tertiary/aromatic N) is 1. The highest BCUT2D eigenvalue weighted by atomic mass is 35.5. The van der Waals surface area contributed by atoms with Gasteiger partial charge in [0, 0.05) is 0 Å². The lowest BCUT2D eigenvalue weighted by atomic mass is 10.2. The zero-order valence-electron chi connectivity index (χ0n) is 8.03. The van der Waals surface area contributed by atoms with E-state index in [1.54, 1.807) is 0 Å². The number of nitrogens with two attached hydrogens (primary N) is 1. The maximum atomic E-state index is 10.8. The summed E-state index contributed by atoms with van der Waals surface area (Å²) < 4.78 is 0. The number of hydrogen-bond donors (Lipinski definition) is 2. The number of halogens is 1. The van der Waals surface area contributed by atoms with Crippen molar-refractivity contribution in [2.75, 3.05) is 0 Å². The number of hydrogen-bond acceptors (Lipinski definition) is 3. The van der Waals surface area contributed by atoms with Gasteiger partial charge in [-0.15, -0.1) is 0 Å². The van der Waals surface area contributed by atoms with Gasteiger partial charge >= 0.3 is 5.97 Å². The first-order valence-electron chi connectivity index (χ1n) is 4.17. The van der Waals surface area contributed by atoms with Crippen LogP contribution in [0.4, 0.5) is 0 Å². The number of primary amides is 1. The molecule has 1 amide bonds. The third-order valence-corrected chi connectivity index (χ3v) is 1.76. The quantitative estimate of drug-likeness (QED) is 0.585. The molecule has 0 fully saturated rings. The van der Waals surface area contributed by atoms with Gasteiger partial charge in [0.2, 0.25) is 5.91 Å².